The number of fused-ring (bicyclic) bond motifs is 1. The molecule has 1 heterocycles. The maximum atomic E-state index is 11.7. The van der Waals surface area contributed by atoms with Crippen molar-refractivity contribution in [1.82, 2.24) is 4.57 Å². The predicted molar refractivity (Wildman–Crippen MR) is 72.7 cm³/mol. The molecule has 18 heavy (non-hydrogen) atoms. The lowest BCUT2D eigenvalue weighted by molar-refractivity contribution is -0.147. The Hall–Kier alpha value is -1.77. The fourth-order valence-electron chi connectivity index (χ4n) is 2.60. The molecule has 3 heteroatoms. The van der Waals surface area contributed by atoms with Crippen LogP contribution in [-0.4, -0.2) is 15.6 Å². The number of para-hydroxylation sites is 1. The van der Waals surface area contributed by atoms with E-state index in [1.165, 1.54) is 0 Å². The lowest BCUT2D eigenvalue weighted by Gasteiger charge is -2.29. The summed E-state index contributed by atoms with van der Waals surface area (Å²) in [5, 5.41) is 10.7. The van der Waals surface area contributed by atoms with E-state index in [0.717, 1.165) is 10.9 Å². The second-order valence-electron chi connectivity index (χ2n) is 5.42. The second-order valence-corrected chi connectivity index (χ2v) is 5.42. The molecule has 0 amide bonds. The molecule has 1 unspecified atom stereocenters. The highest BCUT2D eigenvalue weighted by Crippen LogP contribution is 2.30. The molecular weight excluding hydrogens is 226 g/mol. The van der Waals surface area contributed by atoms with Crippen LogP contribution in [0.5, 0.6) is 0 Å². The third kappa shape index (κ3) is 2.01. The first-order chi connectivity index (χ1) is 8.45. The first-order valence-electron chi connectivity index (χ1n) is 6.25. The van der Waals surface area contributed by atoms with Crippen LogP contribution >= 0.6 is 0 Å². The Labute approximate surface area is 107 Å². The zero-order valence-electron chi connectivity index (χ0n) is 11.1. The third-order valence-electron chi connectivity index (χ3n) is 3.40. The van der Waals surface area contributed by atoms with Crippen molar-refractivity contribution in [2.75, 3.05) is 0 Å². The minimum absolute atomic E-state index is 0.326. The van der Waals surface area contributed by atoms with Crippen molar-refractivity contribution < 1.29 is 9.90 Å². The molecule has 0 fully saturated rings. The number of carboxylic acids is 1. The smallest absolute Gasteiger partial charge is 0.329 e. The molecule has 2 aromatic rings. The van der Waals surface area contributed by atoms with Crippen molar-refractivity contribution in [1.29, 1.82) is 0 Å². The molecule has 0 aliphatic rings. The third-order valence-corrected chi connectivity index (χ3v) is 3.40. The lowest BCUT2D eigenvalue weighted by Crippen LogP contribution is -2.39. The van der Waals surface area contributed by atoms with Gasteiger partial charge in [-0.25, -0.2) is 4.79 Å². The van der Waals surface area contributed by atoms with Crippen LogP contribution in [0.3, 0.4) is 0 Å². The van der Waals surface area contributed by atoms with Crippen molar-refractivity contribution in [3.05, 3.63) is 36.5 Å². The summed E-state index contributed by atoms with van der Waals surface area (Å²) in [6.07, 6.45) is 2.49. The summed E-state index contributed by atoms with van der Waals surface area (Å²) < 4.78 is 1.88. The highest BCUT2D eigenvalue weighted by Gasteiger charge is 2.36. The summed E-state index contributed by atoms with van der Waals surface area (Å²) in [5.74, 6) is -0.454. The Morgan fingerprint density at radius 3 is 2.61 bits per heavy atom. The van der Waals surface area contributed by atoms with Gasteiger partial charge in [0.25, 0.3) is 0 Å². The molecule has 0 aliphatic heterocycles. The minimum Gasteiger partial charge on any atom is -0.479 e. The molecular formula is C15H19NO2. The Kier molecular flexibility index (Phi) is 3.16. The topological polar surface area (TPSA) is 42.2 Å². The lowest BCUT2D eigenvalue weighted by atomic mass is 9.90. The molecule has 0 bridgehead atoms. The van der Waals surface area contributed by atoms with Crippen molar-refractivity contribution in [2.24, 2.45) is 5.92 Å². The van der Waals surface area contributed by atoms with E-state index in [4.69, 9.17) is 0 Å². The zero-order valence-corrected chi connectivity index (χ0v) is 11.1. The molecule has 1 aromatic heterocycles. The SMILES string of the molecule is CC(C)CC(C)(C(=O)O)n1ccc2ccccc21. The summed E-state index contributed by atoms with van der Waals surface area (Å²) in [5.41, 5.74) is 0.0834. The summed E-state index contributed by atoms with van der Waals surface area (Å²) in [7, 11) is 0. The van der Waals surface area contributed by atoms with Gasteiger partial charge in [0.05, 0.1) is 0 Å². The summed E-state index contributed by atoms with van der Waals surface area (Å²) in [4.78, 5) is 11.7. The minimum atomic E-state index is -0.892. The molecule has 96 valence electrons. The maximum Gasteiger partial charge on any atom is 0.329 e. The normalized spacial score (nSPS) is 14.9. The molecule has 0 radical (unpaired) electrons. The fraction of sp³-hybridized carbons (Fsp3) is 0.400. The van der Waals surface area contributed by atoms with Gasteiger partial charge in [-0.1, -0.05) is 32.0 Å². The molecule has 1 aromatic carbocycles. The predicted octanol–water partition coefficient (Wildman–Crippen LogP) is 3.49. The number of nitrogens with zero attached hydrogens (tertiary/aromatic N) is 1. The van der Waals surface area contributed by atoms with Gasteiger partial charge in [0.15, 0.2) is 0 Å². The first kappa shape index (κ1) is 12.7. The molecule has 1 atom stereocenters. The van der Waals surface area contributed by atoms with Crippen molar-refractivity contribution in [2.45, 2.75) is 32.7 Å². The monoisotopic (exact) mass is 245 g/mol. The zero-order chi connectivity index (χ0) is 13.3. The van der Waals surface area contributed by atoms with E-state index >= 15 is 0 Å². The first-order valence-corrected chi connectivity index (χ1v) is 6.25. The standard InChI is InChI=1S/C15H19NO2/c1-11(2)10-15(3,14(17)18)16-9-8-12-6-4-5-7-13(12)16/h4-9,11H,10H2,1-3H3,(H,17,18). The summed E-state index contributed by atoms with van der Waals surface area (Å²) >= 11 is 0. The van der Waals surface area contributed by atoms with Gasteiger partial charge < -0.3 is 9.67 Å². The number of aromatic nitrogens is 1. The van der Waals surface area contributed by atoms with Crippen molar-refractivity contribution in [3.8, 4) is 0 Å². The largest absolute Gasteiger partial charge is 0.479 e. The molecule has 0 spiro atoms. The van der Waals surface area contributed by atoms with Crippen LogP contribution in [0.15, 0.2) is 36.5 Å². The van der Waals surface area contributed by atoms with Gasteiger partial charge in [-0.15, -0.1) is 0 Å². The number of aliphatic carboxylic acids is 1. The van der Waals surface area contributed by atoms with Gasteiger partial charge >= 0.3 is 5.97 Å². The van der Waals surface area contributed by atoms with E-state index in [1.54, 1.807) is 6.92 Å². The number of carboxylic acid groups (broad SMARTS) is 1. The molecule has 3 nitrogen and oxygen atoms in total. The Morgan fingerprint density at radius 1 is 1.33 bits per heavy atom. The van der Waals surface area contributed by atoms with Crippen molar-refractivity contribution in [3.63, 3.8) is 0 Å². The Bertz CT molecular complexity index is 571. The fourth-order valence-corrected chi connectivity index (χ4v) is 2.60. The van der Waals surface area contributed by atoms with Crippen LogP contribution in [0.1, 0.15) is 27.2 Å². The van der Waals surface area contributed by atoms with Crippen LogP contribution in [0.2, 0.25) is 0 Å². The van der Waals surface area contributed by atoms with Crippen LogP contribution < -0.4 is 0 Å². The quantitative estimate of drug-likeness (QED) is 0.896. The van der Waals surface area contributed by atoms with E-state index in [2.05, 4.69) is 0 Å². The summed E-state index contributed by atoms with van der Waals surface area (Å²) in [6.45, 7) is 5.89. The van der Waals surface area contributed by atoms with Crippen LogP contribution in [0.25, 0.3) is 10.9 Å². The maximum absolute atomic E-state index is 11.7. The van der Waals surface area contributed by atoms with Crippen LogP contribution in [0.4, 0.5) is 0 Å². The highest BCUT2D eigenvalue weighted by atomic mass is 16.4. The average Bonchev–Trinajstić information content (AvgIpc) is 2.71. The summed E-state index contributed by atoms with van der Waals surface area (Å²) in [6, 6.07) is 9.85. The number of rotatable bonds is 4. The van der Waals surface area contributed by atoms with Gasteiger partial charge in [0, 0.05) is 11.7 Å². The highest BCUT2D eigenvalue weighted by molar-refractivity contribution is 5.84. The van der Waals surface area contributed by atoms with Crippen LogP contribution in [-0.2, 0) is 10.3 Å². The molecule has 1 N–H and O–H groups in total. The van der Waals surface area contributed by atoms with Gasteiger partial charge in [-0.2, -0.15) is 0 Å². The molecule has 0 aliphatic carbocycles. The van der Waals surface area contributed by atoms with Crippen molar-refractivity contribution >= 4 is 16.9 Å². The van der Waals surface area contributed by atoms with Gasteiger partial charge in [0.2, 0.25) is 0 Å². The van der Waals surface area contributed by atoms with Gasteiger partial charge in [-0.05, 0) is 36.8 Å². The van der Waals surface area contributed by atoms with Gasteiger partial charge in [0.1, 0.15) is 5.54 Å². The number of benzene rings is 1. The number of carbonyl (C=O) groups is 1. The second kappa shape index (κ2) is 4.48. The van der Waals surface area contributed by atoms with E-state index in [-0.39, 0.29) is 0 Å². The molecule has 0 saturated heterocycles. The van der Waals surface area contributed by atoms with E-state index in [9.17, 15) is 9.90 Å². The Balaban J connectivity index is 2.58. The van der Waals surface area contributed by atoms with E-state index in [0.29, 0.717) is 12.3 Å². The molecule has 0 saturated carbocycles. The van der Waals surface area contributed by atoms with Crippen LogP contribution in [0, 0.1) is 5.92 Å². The van der Waals surface area contributed by atoms with E-state index in [1.807, 2.05) is 54.9 Å². The number of hydrogen-bond acceptors (Lipinski definition) is 1. The average molecular weight is 245 g/mol. The molecule has 2 rings (SSSR count). The van der Waals surface area contributed by atoms with E-state index < -0.39 is 11.5 Å². The Morgan fingerprint density at radius 2 is 2.00 bits per heavy atom. The van der Waals surface area contributed by atoms with Gasteiger partial charge in [-0.3, -0.25) is 0 Å². The number of hydrogen-bond donors (Lipinski definition) is 1.